The molecule has 1 fully saturated rings. The van der Waals surface area contributed by atoms with E-state index in [1.165, 1.54) is 23.5 Å². The van der Waals surface area contributed by atoms with E-state index in [2.05, 4.69) is 21.2 Å². The first-order valence-electron chi connectivity index (χ1n) is 13.7. The lowest BCUT2D eigenvalue weighted by Crippen LogP contribution is -2.53. The van der Waals surface area contributed by atoms with Crippen molar-refractivity contribution in [2.24, 2.45) is 0 Å². The van der Waals surface area contributed by atoms with Gasteiger partial charge in [0.15, 0.2) is 0 Å². The molecule has 0 aliphatic heterocycles. The Morgan fingerprint density at radius 3 is 2.12 bits per heavy atom. The van der Waals surface area contributed by atoms with Crippen LogP contribution in [0.25, 0.3) is 0 Å². The monoisotopic (exact) mass is 625 g/mol. The Morgan fingerprint density at radius 2 is 1.50 bits per heavy atom. The third kappa shape index (κ3) is 7.73. The maximum absolute atomic E-state index is 14.0. The lowest BCUT2D eigenvalue weighted by Gasteiger charge is -2.33. The van der Waals surface area contributed by atoms with Crippen molar-refractivity contribution in [1.82, 2.24) is 10.2 Å². The average molecular weight is 627 g/mol. The summed E-state index contributed by atoms with van der Waals surface area (Å²) >= 11 is 3.39. The number of nitrogens with zero attached hydrogens (tertiary/aromatic N) is 2. The topological polar surface area (TPSA) is 86.8 Å². The number of hydrogen-bond donors (Lipinski definition) is 1. The molecule has 2 amide bonds. The van der Waals surface area contributed by atoms with Crippen molar-refractivity contribution in [3.63, 3.8) is 0 Å². The van der Waals surface area contributed by atoms with Gasteiger partial charge in [0.2, 0.25) is 11.8 Å². The van der Waals surface area contributed by atoms with E-state index in [4.69, 9.17) is 0 Å². The number of anilines is 1. The fourth-order valence-corrected chi connectivity index (χ4v) is 6.69. The lowest BCUT2D eigenvalue weighted by molar-refractivity contribution is -0.139. The zero-order valence-electron chi connectivity index (χ0n) is 22.7. The molecule has 4 rings (SSSR count). The second-order valence-corrected chi connectivity index (χ2v) is 12.9. The Hall–Kier alpha value is -3.17. The number of nitrogens with one attached hydrogen (secondary N) is 1. The predicted molar refractivity (Wildman–Crippen MR) is 161 cm³/mol. The zero-order valence-corrected chi connectivity index (χ0v) is 25.1. The Kier molecular flexibility index (Phi) is 10.4. The number of carbonyl (C=O) groups excluding carboxylic acids is 2. The summed E-state index contributed by atoms with van der Waals surface area (Å²) in [6.45, 7) is 1.56. The number of sulfonamides is 1. The van der Waals surface area contributed by atoms with E-state index >= 15 is 0 Å². The molecule has 40 heavy (non-hydrogen) atoms. The van der Waals surface area contributed by atoms with E-state index in [0.29, 0.717) is 12.1 Å². The van der Waals surface area contributed by atoms with Crippen LogP contribution >= 0.6 is 15.9 Å². The molecule has 0 radical (unpaired) electrons. The van der Waals surface area contributed by atoms with Gasteiger partial charge in [0, 0.05) is 17.1 Å². The molecule has 0 bridgehead atoms. The van der Waals surface area contributed by atoms with Crippen LogP contribution in [0.15, 0.2) is 94.3 Å². The predicted octanol–water partition coefficient (Wildman–Crippen LogP) is 5.55. The molecule has 0 aromatic heterocycles. The van der Waals surface area contributed by atoms with Crippen LogP contribution in [-0.4, -0.2) is 50.3 Å². The highest BCUT2D eigenvalue weighted by Gasteiger charge is 2.33. The van der Waals surface area contributed by atoms with E-state index in [0.717, 1.165) is 40.0 Å². The van der Waals surface area contributed by atoms with Crippen LogP contribution in [0.5, 0.6) is 0 Å². The van der Waals surface area contributed by atoms with Gasteiger partial charge in [-0.2, -0.15) is 0 Å². The molecule has 9 heteroatoms. The van der Waals surface area contributed by atoms with Crippen LogP contribution in [-0.2, 0) is 26.0 Å². The number of rotatable bonds is 11. The van der Waals surface area contributed by atoms with Crippen LogP contribution in [0, 0.1) is 0 Å². The van der Waals surface area contributed by atoms with Gasteiger partial charge in [0.1, 0.15) is 12.6 Å². The second-order valence-electron chi connectivity index (χ2n) is 10.1. The van der Waals surface area contributed by atoms with Crippen molar-refractivity contribution >= 4 is 43.5 Å². The number of benzene rings is 3. The standard InChI is InChI=1S/C31H36BrN3O4S/c1-24(31(37)33-27-13-7-3-8-14-27)34(22-21-25-11-5-2-6-12-25)30(36)23-35(28-19-17-26(32)18-20-28)40(38,39)29-15-9-4-10-16-29/h2,4-6,9-12,15-20,24,27H,3,7-8,13-14,21-23H2,1H3,(H,33,37)/t24-/m1/s1. The largest absolute Gasteiger partial charge is 0.352 e. The van der Waals surface area contributed by atoms with E-state index in [1.54, 1.807) is 49.4 Å². The van der Waals surface area contributed by atoms with Gasteiger partial charge < -0.3 is 10.2 Å². The second kappa shape index (κ2) is 13.9. The van der Waals surface area contributed by atoms with Gasteiger partial charge in [0.05, 0.1) is 10.6 Å². The highest BCUT2D eigenvalue weighted by atomic mass is 79.9. The minimum atomic E-state index is -4.06. The van der Waals surface area contributed by atoms with E-state index in [1.807, 2.05) is 30.3 Å². The summed E-state index contributed by atoms with van der Waals surface area (Å²) in [5.41, 5.74) is 1.39. The van der Waals surface area contributed by atoms with Crippen LogP contribution in [0.4, 0.5) is 5.69 Å². The SMILES string of the molecule is C[C@H](C(=O)NC1CCCCC1)N(CCc1ccccc1)C(=O)CN(c1ccc(Br)cc1)S(=O)(=O)c1ccccc1. The van der Waals surface area contributed by atoms with Gasteiger partial charge in [0.25, 0.3) is 10.0 Å². The van der Waals surface area contributed by atoms with Crippen LogP contribution in [0.3, 0.4) is 0 Å². The fraction of sp³-hybridized carbons (Fsp3) is 0.355. The van der Waals surface area contributed by atoms with Crippen molar-refractivity contribution in [3.8, 4) is 0 Å². The van der Waals surface area contributed by atoms with Gasteiger partial charge in [-0.05, 0) is 68.1 Å². The van der Waals surface area contributed by atoms with Crippen molar-refractivity contribution in [3.05, 3.63) is 95.0 Å². The molecule has 212 valence electrons. The Labute approximate surface area is 245 Å². The quantitative estimate of drug-likeness (QED) is 0.302. The number of amides is 2. The normalized spacial score (nSPS) is 14.8. The van der Waals surface area contributed by atoms with Crippen LogP contribution < -0.4 is 9.62 Å². The summed E-state index contributed by atoms with van der Waals surface area (Å²) in [6.07, 6.45) is 5.74. The van der Waals surface area contributed by atoms with Crippen LogP contribution in [0.2, 0.25) is 0 Å². The Balaban J connectivity index is 1.62. The Bertz CT molecular complexity index is 1360. The first-order chi connectivity index (χ1) is 19.3. The lowest BCUT2D eigenvalue weighted by atomic mass is 9.95. The van der Waals surface area contributed by atoms with Crippen molar-refractivity contribution in [1.29, 1.82) is 0 Å². The zero-order chi connectivity index (χ0) is 28.5. The smallest absolute Gasteiger partial charge is 0.264 e. The number of hydrogen-bond acceptors (Lipinski definition) is 4. The summed E-state index contributed by atoms with van der Waals surface area (Å²) in [6, 6.07) is 23.9. The third-order valence-corrected chi connectivity index (χ3v) is 9.64. The molecule has 1 aliphatic carbocycles. The third-order valence-electron chi connectivity index (χ3n) is 7.33. The van der Waals surface area contributed by atoms with E-state index < -0.39 is 28.5 Å². The van der Waals surface area contributed by atoms with E-state index in [-0.39, 0.29) is 23.4 Å². The average Bonchev–Trinajstić information content (AvgIpc) is 2.98. The van der Waals surface area contributed by atoms with Crippen molar-refractivity contribution < 1.29 is 18.0 Å². The first kappa shape index (κ1) is 29.8. The molecule has 0 unspecified atom stereocenters. The molecule has 0 saturated heterocycles. The van der Waals surface area contributed by atoms with Gasteiger partial charge >= 0.3 is 0 Å². The minimum absolute atomic E-state index is 0.0876. The summed E-state index contributed by atoms with van der Waals surface area (Å²) in [5.74, 6) is -0.654. The highest BCUT2D eigenvalue weighted by molar-refractivity contribution is 9.10. The first-order valence-corrected chi connectivity index (χ1v) is 16.0. The maximum Gasteiger partial charge on any atom is 0.264 e. The number of carbonyl (C=O) groups is 2. The summed E-state index contributed by atoms with van der Waals surface area (Å²) < 4.78 is 29.5. The highest BCUT2D eigenvalue weighted by Crippen LogP contribution is 2.26. The molecular weight excluding hydrogens is 590 g/mol. The molecule has 1 N–H and O–H groups in total. The molecule has 0 spiro atoms. The molecule has 1 saturated carbocycles. The molecule has 3 aromatic carbocycles. The van der Waals surface area contributed by atoms with Crippen LogP contribution in [0.1, 0.15) is 44.6 Å². The summed E-state index contributed by atoms with van der Waals surface area (Å²) in [7, 11) is -4.06. The van der Waals surface area contributed by atoms with E-state index in [9.17, 15) is 18.0 Å². The minimum Gasteiger partial charge on any atom is -0.352 e. The molecule has 3 aromatic rings. The molecular formula is C31H36BrN3O4S. The van der Waals surface area contributed by atoms with Crippen molar-refractivity contribution in [2.75, 3.05) is 17.4 Å². The van der Waals surface area contributed by atoms with Crippen molar-refractivity contribution in [2.45, 2.75) is 62.4 Å². The summed E-state index contributed by atoms with van der Waals surface area (Å²) in [5, 5.41) is 3.13. The summed E-state index contributed by atoms with van der Waals surface area (Å²) in [4.78, 5) is 28.9. The van der Waals surface area contributed by atoms with Gasteiger partial charge in [-0.25, -0.2) is 8.42 Å². The fourth-order valence-electron chi connectivity index (χ4n) is 4.99. The van der Waals surface area contributed by atoms with Gasteiger partial charge in [-0.3, -0.25) is 13.9 Å². The molecule has 1 atom stereocenters. The maximum atomic E-state index is 14.0. The molecule has 1 aliphatic rings. The molecule has 0 heterocycles. The van der Waals surface area contributed by atoms with Gasteiger partial charge in [-0.1, -0.05) is 83.7 Å². The molecule has 7 nitrogen and oxygen atoms in total. The Morgan fingerprint density at radius 1 is 0.900 bits per heavy atom. The van der Waals surface area contributed by atoms with Gasteiger partial charge in [-0.15, -0.1) is 0 Å². The number of halogens is 1.